The van der Waals surface area contributed by atoms with Gasteiger partial charge in [-0.3, -0.25) is 4.79 Å². The van der Waals surface area contributed by atoms with Gasteiger partial charge in [0, 0.05) is 14.7 Å². The Balaban J connectivity index is 1.80. The first kappa shape index (κ1) is 20.6. The molecule has 0 saturated carbocycles. The second-order valence-electron chi connectivity index (χ2n) is 6.14. The van der Waals surface area contributed by atoms with Gasteiger partial charge in [-0.1, -0.05) is 48.5 Å². The molecule has 0 heterocycles. The number of halogens is 1. The number of benzene rings is 3. The average Bonchev–Trinajstić information content (AvgIpc) is 2.74. The van der Waals surface area contributed by atoms with Crippen molar-refractivity contribution >= 4 is 40.5 Å². The Morgan fingerprint density at radius 3 is 2.28 bits per heavy atom. The molecule has 0 bridgehead atoms. The zero-order valence-corrected chi connectivity index (χ0v) is 17.5. The van der Waals surface area contributed by atoms with Gasteiger partial charge in [-0.15, -0.1) is 0 Å². The Labute approximate surface area is 182 Å². The average molecular weight is 499 g/mol. The van der Waals surface area contributed by atoms with Crippen LogP contribution in [0.1, 0.15) is 21.5 Å². The second-order valence-corrected chi connectivity index (χ2v) is 7.38. The quantitative estimate of drug-likeness (QED) is 0.364. The molecule has 0 aliphatic heterocycles. The topological polar surface area (TPSA) is 75.6 Å². The SMILES string of the molecule is O=C(O)C(=Cc1ccccc1OCc1ccc(I)cc1)NC(=O)c1ccccc1. The fourth-order valence-corrected chi connectivity index (χ4v) is 2.92. The molecule has 0 unspecified atom stereocenters. The van der Waals surface area contributed by atoms with E-state index in [9.17, 15) is 14.7 Å². The monoisotopic (exact) mass is 499 g/mol. The van der Waals surface area contributed by atoms with Gasteiger partial charge in [0.2, 0.25) is 0 Å². The molecule has 0 saturated heterocycles. The highest BCUT2D eigenvalue weighted by molar-refractivity contribution is 14.1. The molecular formula is C23H18INO4. The fraction of sp³-hybridized carbons (Fsp3) is 0.0435. The van der Waals surface area contributed by atoms with E-state index in [1.807, 2.05) is 30.3 Å². The van der Waals surface area contributed by atoms with Crippen LogP contribution in [0.5, 0.6) is 5.75 Å². The molecule has 29 heavy (non-hydrogen) atoms. The van der Waals surface area contributed by atoms with Crippen LogP contribution >= 0.6 is 22.6 Å². The van der Waals surface area contributed by atoms with E-state index in [2.05, 4.69) is 27.9 Å². The summed E-state index contributed by atoms with van der Waals surface area (Å²) in [6.07, 6.45) is 1.40. The third-order valence-corrected chi connectivity index (χ3v) is 4.76. The van der Waals surface area contributed by atoms with E-state index in [4.69, 9.17) is 4.74 Å². The fourth-order valence-electron chi connectivity index (χ4n) is 2.56. The van der Waals surface area contributed by atoms with Gasteiger partial charge < -0.3 is 15.2 Å². The first-order valence-corrected chi connectivity index (χ1v) is 9.88. The van der Waals surface area contributed by atoms with Gasteiger partial charge in [-0.25, -0.2) is 4.79 Å². The third-order valence-electron chi connectivity index (χ3n) is 4.04. The third kappa shape index (κ3) is 5.92. The van der Waals surface area contributed by atoms with Crippen molar-refractivity contribution in [2.24, 2.45) is 0 Å². The maximum absolute atomic E-state index is 12.3. The van der Waals surface area contributed by atoms with Crippen molar-refractivity contribution in [1.82, 2.24) is 5.32 Å². The van der Waals surface area contributed by atoms with Crippen LogP contribution in [-0.2, 0) is 11.4 Å². The molecule has 0 radical (unpaired) electrons. The summed E-state index contributed by atoms with van der Waals surface area (Å²) < 4.78 is 7.01. The maximum atomic E-state index is 12.3. The van der Waals surface area contributed by atoms with Gasteiger partial charge in [0.25, 0.3) is 5.91 Å². The zero-order valence-electron chi connectivity index (χ0n) is 15.3. The Kier molecular flexibility index (Phi) is 7.02. The minimum atomic E-state index is -1.23. The summed E-state index contributed by atoms with van der Waals surface area (Å²) in [5.74, 6) is -1.20. The molecule has 0 aromatic heterocycles. The summed E-state index contributed by atoms with van der Waals surface area (Å²) in [5, 5.41) is 12.0. The lowest BCUT2D eigenvalue weighted by atomic mass is 10.1. The number of amides is 1. The molecular weight excluding hydrogens is 481 g/mol. The molecule has 6 heteroatoms. The Bertz CT molecular complexity index is 1030. The highest BCUT2D eigenvalue weighted by Crippen LogP contribution is 2.22. The zero-order chi connectivity index (χ0) is 20.6. The lowest BCUT2D eigenvalue weighted by Gasteiger charge is -2.11. The molecule has 2 N–H and O–H groups in total. The van der Waals surface area contributed by atoms with Gasteiger partial charge in [0.15, 0.2) is 0 Å². The predicted molar refractivity (Wildman–Crippen MR) is 119 cm³/mol. The summed E-state index contributed by atoms with van der Waals surface area (Å²) in [7, 11) is 0. The minimum Gasteiger partial charge on any atom is -0.488 e. The van der Waals surface area contributed by atoms with Crippen LogP contribution in [0.2, 0.25) is 0 Å². The first-order chi connectivity index (χ1) is 14.0. The van der Waals surface area contributed by atoms with Crippen LogP contribution < -0.4 is 10.1 Å². The smallest absolute Gasteiger partial charge is 0.352 e. The number of hydrogen-bond donors (Lipinski definition) is 2. The first-order valence-electron chi connectivity index (χ1n) is 8.80. The molecule has 0 spiro atoms. The lowest BCUT2D eigenvalue weighted by molar-refractivity contribution is -0.132. The Hall–Kier alpha value is -3.13. The van der Waals surface area contributed by atoms with Crippen molar-refractivity contribution in [3.63, 3.8) is 0 Å². The van der Waals surface area contributed by atoms with E-state index in [0.717, 1.165) is 9.13 Å². The normalized spacial score (nSPS) is 11.0. The predicted octanol–water partition coefficient (Wildman–Crippen LogP) is 4.73. The number of hydrogen-bond acceptors (Lipinski definition) is 3. The van der Waals surface area contributed by atoms with E-state index in [1.165, 1.54) is 6.08 Å². The number of carboxylic acid groups (broad SMARTS) is 1. The van der Waals surface area contributed by atoms with Gasteiger partial charge in [0.05, 0.1) is 0 Å². The van der Waals surface area contributed by atoms with Gasteiger partial charge in [-0.05, 0) is 64.6 Å². The number of carboxylic acids is 1. The Morgan fingerprint density at radius 2 is 1.59 bits per heavy atom. The van der Waals surface area contributed by atoms with Crippen LogP contribution in [0.3, 0.4) is 0 Å². The van der Waals surface area contributed by atoms with E-state index in [-0.39, 0.29) is 5.70 Å². The molecule has 0 atom stereocenters. The van der Waals surface area contributed by atoms with Crippen LogP contribution in [0.25, 0.3) is 6.08 Å². The molecule has 3 aromatic carbocycles. The van der Waals surface area contributed by atoms with Gasteiger partial charge in [-0.2, -0.15) is 0 Å². The van der Waals surface area contributed by atoms with E-state index in [0.29, 0.717) is 23.5 Å². The van der Waals surface area contributed by atoms with Crippen molar-refractivity contribution in [3.05, 3.63) is 105 Å². The molecule has 0 aliphatic rings. The summed E-state index contributed by atoms with van der Waals surface area (Å²) in [5.41, 5.74) is 1.70. The summed E-state index contributed by atoms with van der Waals surface area (Å²) in [4.78, 5) is 24.0. The van der Waals surface area contributed by atoms with Crippen LogP contribution in [0, 0.1) is 3.57 Å². The van der Waals surface area contributed by atoms with Crippen molar-refractivity contribution in [2.45, 2.75) is 6.61 Å². The highest BCUT2D eigenvalue weighted by Gasteiger charge is 2.14. The summed E-state index contributed by atoms with van der Waals surface area (Å²) in [6, 6.07) is 23.5. The molecule has 0 fully saturated rings. The number of aliphatic carboxylic acids is 1. The number of para-hydroxylation sites is 1. The number of carbonyl (C=O) groups is 2. The van der Waals surface area contributed by atoms with E-state index < -0.39 is 11.9 Å². The van der Waals surface area contributed by atoms with Gasteiger partial charge >= 0.3 is 5.97 Å². The highest BCUT2D eigenvalue weighted by atomic mass is 127. The van der Waals surface area contributed by atoms with Crippen molar-refractivity contribution in [1.29, 1.82) is 0 Å². The number of rotatable bonds is 7. The van der Waals surface area contributed by atoms with Crippen LogP contribution in [-0.4, -0.2) is 17.0 Å². The molecule has 5 nitrogen and oxygen atoms in total. The van der Waals surface area contributed by atoms with Gasteiger partial charge in [0.1, 0.15) is 18.1 Å². The van der Waals surface area contributed by atoms with Crippen molar-refractivity contribution in [3.8, 4) is 5.75 Å². The molecule has 3 aromatic rings. The van der Waals surface area contributed by atoms with Crippen LogP contribution in [0.4, 0.5) is 0 Å². The number of carbonyl (C=O) groups excluding carboxylic acids is 1. The number of nitrogens with one attached hydrogen (secondary N) is 1. The standard InChI is InChI=1S/C23H18INO4/c24-19-12-10-16(11-13-19)15-29-21-9-5-4-8-18(21)14-20(23(27)28)25-22(26)17-6-2-1-3-7-17/h1-14H,15H2,(H,25,26)(H,27,28). The Morgan fingerprint density at radius 1 is 0.931 bits per heavy atom. The molecule has 0 aliphatic carbocycles. The minimum absolute atomic E-state index is 0.232. The van der Waals surface area contributed by atoms with Crippen LogP contribution in [0.15, 0.2) is 84.6 Å². The van der Waals surface area contributed by atoms with Crippen molar-refractivity contribution in [2.75, 3.05) is 0 Å². The second kappa shape index (κ2) is 9.88. The van der Waals surface area contributed by atoms with Crippen molar-refractivity contribution < 1.29 is 19.4 Å². The summed E-state index contributed by atoms with van der Waals surface area (Å²) >= 11 is 2.24. The molecule has 146 valence electrons. The largest absolute Gasteiger partial charge is 0.488 e. The van der Waals surface area contributed by atoms with E-state index >= 15 is 0 Å². The molecule has 3 rings (SSSR count). The lowest BCUT2D eigenvalue weighted by Crippen LogP contribution is -2.27. The molecule has 1 amide bonds. The number of ether oxygens (including phenoxy) is 1. The van der Waals surface area contributed by atoms with E-state index in [1.54, 1.807) is 48.5 Å². The maximum Gasteiger partial charge on any atom is 0.352 e. The summed E-state index contributed by atoms with van der Waals surface area (Å²) in [6.45, 7) is 0.348.